The number of rotatable bonds is 6. The number of thiophene rings is 1. The predicted molar refractivity (Wildman–Crippen MR) is 177 cm³/mol. The van der Waals surface area contributed by atoms with Gasteiger partial charge in [-0.3, -0.25) is 14.4 Å². The number of aryl methyl sites for hydroxylation is 2. The Morgan fingerprint density at radius 3 is 2.42 bits per heavy atom. The van der Waals surface area contributed by atoms with Crippen LogP contribution in [0, 0.1) is 19.8 Å². The van der Waals surface area contributed by atoms with Gasteiger partial charge in [0.2, 0.25) is 11.8 Å². The molecule has 9 nitrogen and oxygen atoms in total. The molecular weight excluding hydrogens is 584 g/mol. The van der Waals surface area contributed by atoms with Crippen molar-refractivity contribution in [2.24, 2.45) is 5.92 Å². The number of benzene rings is 2. The largest absolute Gasteiger partial charge is 0.344 e. The highest BCUT2D eigenvalue weighted by atomic mass is 32.1. The number of carbonyl (C=O) groups excluding carboxylic acids is 3. The minimum absolute atomic E-state index is 0.0669. The lowest BCUT2D eigenvalue weighted by atomic mass is 9.97. The van der Waals surface area contributed by atoms with E-state index in [2.05, 4.69) is 22.8 Å². The molecule has 10 heteroatoms. The maximum absolute atomic E-state index is 14.0. The zero-order valence-corrected chi connectivity index (χ0v) is 27.3. The fourth-order valence-electron chi connectivity index (χ4n) is 5.74. The Balaban J connectivity index is 1.48. The summed E-state index contributed by atoms with van der Waals surface area (Å²) in [6, 6.07) is 20.8. The van der Waals surface area contributed by atoms with E-state index in [1.807, 2.05) is 91.9 Å². The van der Waals surface area contributed by atoms with E-state index in [4.69, 9.17) is 10.1 Å². The van der Waals surface area contributed by atoms with E-state index in [0.717, 1.165) is 28.0 Å². The summed E-state index contributed by atoms with van der Waals surface area (Å²) in [5.74, 6) is 0.647. The predicted octanol–water partition coefficient (Wildman–Crippen LogP) is 5.49. The van der Waals surface area contributed by atoms with Gasteiger partial charge in [0.1, 0.15) is 17.7 Å². The fourth-order valence-corrected chi connectivity index (χ4v) is 6.89. The van der Waals surface area contributed by atoms with Crippen molar-refractivity contribution in [1.82, 2.24) is 30.3 Å². The second-order valence-corrected chi connectivity index (χ2v) is 12.9. The zero-order chi connectivity index (χ0) is 31.9. The van der Waals surface area contributed by atoms with E-state index in [9.17, 15) is 14.4 Å². The fraction of sp³-hybridized carbons (Fsp3) is 0.400. The molecule has 0 radical (unpaired) electrons. The normalized spacial score (nSPS) is 18.8. The van der Waals surface area contributed by atoms with E-state index >= 15 is 0 Å². The molecule has 0 saturated heterocycles. The molecule has 45 heavy (non-hydrogen) atoms. The van der Waals surface area contributed by atoms with Crippen molar-refractivity contribution in [3.63, 3.8) is 0 Å². The molecule has 0 spiro atoms. The van der Waals surface area contributed by atoms with Crippen molar-refractivity contribution in [1.29, 1.82) is 0 Å². The third-order valence-corrected chi connectivity index (χ3v) is 9.67. The molecule has 236 valence electrons. The molecule has 0 fully saturated rings. The topological polar surface area (TPSA) is 109 Å². The van der Waals surface area contributed by atoms with Gasteiger partial charge in [0.25, 0.3) is 5.91 Å². The molecule has 0 aliphatic carbocycles. The minimum atomic E-state index is -0.690. The van der Waals surface area contributed by atoms with Crippen LogP contribution in [0.5, 0.6) is 0 Å². The Morgan fingerprint density at radius 1 is 1.00 bits per heavy atom. The highest BCUT2D eigenvalue weighted by molar-refractivity contribution is 7.17. The first-order chi connectivity index (χ1) is 21.7. The summed E-state index contributed by atoms with van der Waals surface area (Å²) in [5.41, 5.74) is 3.18. The summed E-state index contributed by atoms with van der Waals surface area (Å²) in [5, 5.41) is 10.9. The van der Waals surface area contributed by atoms with Crippen molar-refractivity contribution in [2.45, 2.75) is 72.0 Å². The van der Waals surface area contributed by atoms with Crippen molar-refractivity contribution < 1.29 is 14.4 Å². The summed E-state index contributed by atoms with van der Waals surface area (Å²) in [6.45, 7) is 9.04. The molecule has 3 heterocycles. The third kappa shape index (κ3) is 7.86. The number of hydrogen-bond acceptors (Lipinski definition) is 6. The van der Waals surface area contributed by atoms with Gasteiger partial charge in [0.05, 0.1) is 17.5 Å². The van der Waals surface area contributed by atoms with Gasteiger partial charge in [0, 0.05) is 24.4 Å². The number of aromatic nitrogens is 3. The van der Waals surface area contributed by atoms with E-state index < -0.39 is 12.1 Å². The van der Waals surface area contributed by atoms with Crippen LogP contribution in [0.1, 0.15) is 71.6 Å². The summed E-state index contributed by atoms with van der Waals surface area (Å²) in [4.78, 5) is 49.2. The number of nitrogens with zero attached hydrogens (tertiary/aromatic N) is 4. The SMILES string of the molecule is CC[C@H](C)[C@@H]1NC(=O)CCCN(C(=O)c2cc(C)c(-c3ccccc3)s2)CCn2nc(C)nc2[C@H](Cc2ccccc2)NC1=O. The molecule has 2 aromatic heterocycles. The van der Waals surface area contributed by atoms with Gasteiger partial charge < -0.3 is 15.5 Å². The summed E-state index contributed by atoms with van der Waals surface area (Å²) in [7, 11) is 0. The summed E-state index contributed by atoms with van der Waals surface area (Å²) >= 11 is 1.49. The molecule has 3 atom stereocenters. The number of hydrogen-bond donors (Lipinski definition) is 2. The molecule has 0 unspecified atom stereocenters. The van der Waals surface area contributed by atoms with Crippen LogP contribution in [0.4, 0.5) is 0 Å². The van der Waals surface area contributed by atoms with Crippen LogP contribution in [0.3, 0.4) is 0 Å². The average Bonchev–Trinajstić information content (AvgIpc) is 3.62. The van der Waals surface area contributed by atoms with Crippen molar-refractivity contribution in [2.75, 3.05) is 13.1 Å². The molecule has 1 aliphatic rings. The van der Waals surface area contributed by atoms with Crippen LogP contribution < -0.4 is 10.6 Å². The van der Waals surface area contributed by atoms with E-state index in [1.165, 1.54) is 11.3 Å². The lowest BCUT2D eigenvalue weighted by Gasteiger charge is -2.28. The molecule has 3 amide bonds. The van der Waals surface area contributed by atoms with Gasteiger partial charge in [-0.15, -0.1) is 11.3 Å². The van der Waals surface area contributed by atoms with E-state index in [-0.39, 0.29) is 30.1 Å². The Hall–Kier alpha value is -4.31. The lowest BCUT2D eigenvalue weighted by Crippen LogP contribution is -2.51. The molecule has 0 bridgehead atoms. The van der Waals surface area contributed by atoms with Crippen molar-refractivity contribution in [3.05, 3.63) is 94.4 Å². The second-order valence-electron chi connectivity index (χ2n) is 11.8. The first-order valence-corrected chi connectivity index (χ1v) is 16.5. The maximum Gasteiger partial charge on any atom is 0.264 e. The molecule has 4 aromatic rings. The van der Waals surface area contributed by atoms with Gasteiger partial charge in [-0.25, -0.2) is 9.67 Å². The number of amides is 3. The molecule has 2 aromatic carbocycles. The monoisotopic (exact) mass is 626 g/mol. The van der Waals surface area contributed by atoms with Gasteiger partial charge >= 0.3 is 0 Å². The van der Waals surface area contributed by atoms with E-state index in [0.29, 0.717) is 49.0 Å². The Kier molecular flexibility index (Phi) is 10.4. The molecule has 5 rings (SSSR count). The van der Waals surface area contributed by atoms with Gasteiger partial charge in [-0.2, -0.15) is 5.10 Å². The quantitative estimate of drug-likeness (QED) is 0.294. The standard InChI is InChI=1S/C35H42N6O3S/c1-5-23(2)31-34(43)37-28(22-26-13-8-6-9-14-26)33-36-25(4)39-41(33)20-19-40(18-12-17-30(42)38-31)35(44)29-21-24(3)32(45-29)27-15-10-7-11-16-27/h6-11,13-16,21,23,28,31H,5,12,17-20,22H2,1-4H3,(H,37,43)(H,38,42)/t23-,28-,31-/m0/s1. The Bertz CT molecular complexity index is 1620. The van der Waals surface area contributed by atoms with Crippen molar-refractivity contribution >= 4 is 29.1 Å². The third-order valence-electron chi connectivity index (χ3n) is 8.39. The summed E-state index contributed by atoms with van der Waals surface area (Å²) < 4.78 is 1.82. The Labute approximate surface area is 269 Å². The average molecular weight is 627 g/mol. The molecule has 1 aliphatic heterocycles. The highest BCUT2D eigenvalue weighted by Crippen LogP contribution is 2.33. The number of carbonyl (C=O) groups is 3. The number of fused-ring (bicyclic) bond motifs is 1. The van der Waals surface area contributed by atoms with Gasteiger partial charge in [-0.05, 0) is 55.4 Å². The van der Waals surface area contributed by atoms with Crippen LogP contribution in [0.15, 0.2) is 66.7 Å². The summed E-state index contributed by atoms with van der Waals surface area (Å²) in [6.07, 6.45) is 1.92. The van der Waals surface area contributed by atoms with Crippen LogP contribution in [0.2, 0.25) is 0 Å². The second kappa shape index (κ2) is 14.6. The first kappa shape index (κ1) is 32.1. The first-order valence-electron chi connectivity index (χ1n) is 15.7. The lowest BCUT2D eigenvalue weighted by molar-refractivity contribution is -0.130. The van der Waals surface area contributed by atoms with Crippen molar-refractivity contribution in [3.8, 4) is 10.4 Å². The molecule has 0 saturated carbocycles. The van der Waals surface area contributed by atoms with Crippen LogP contribution in [-0.2, 0) is 22.6 Å². The van der Waals surface area contributed by atoms with Crippen LogP contribution in [-0.4, -0.2) is 56.5 Å². The zero-order valence-electron chi connectivity index (χ0n) is 26.5. The van der Waals surface area contributed by atoms with Crippen LogP contribution in [0.25, 0.3) is 10.4 Å². The Morgan fingerprint density at radius 2 is 1.71 bits per heavy atom. The minimum Gasteiger partial charge on any atom is -0.344 e. The van der Waals surface area contributed by atoms with Crippen LogP contribution >= 0.6 is 11.3 Å². The van der Waals surface area contributed by atoms with Gasteiger partial charge in [-0.1, -0.05) is 80.9 Å². The van der Waals surface area contributed by atoms with Gasteiger partial charge in [0.15, 0.2) is 0 Å². The smallest absolute Gasteiger partial charge is 0.264 e. The maximum atomic E-state index is 14.0. The molecular formula is C35H42N6O3S. The van der Waals surface area contributed by atoms with E-state index in [1.54, 1.807) is 0 Å². The highest BCUT2D eigenvalue weighted by Gasteiger charge is 2.31. The molecule has 2 N–H and O–H groups in total. The number of nitrogens with one attached hydrogen (secondary N) is 2.